The van der Waals surface area contributed by atoms with Gasteiger partial charge in [0, 0.05) is 30.2 Å². The number of nitrogens with zero attached hydrogens (tertiary/aromatic N) is 1. The molecule has 0 atom stereocenters. The minimum atomic E-state index is -0.165. The SMILES string of the molecule is COc1ccc(Br)cc1CNC(=O)N(C)Cc1ccc2c(c1)OCCO2. The van der Waals surface area contributed by atoms with Crippen LogP contribution in [0.4, 0.5) is 4.79 Å². The second kappa shape index (κ2) is 8.31. The van der Waals surface area contributed by atoms with E-state index >= 15 is 0 Å². The number of hydrogen-bond acceptors (Lipinski definition) is 4. The van der Waals surface area contributed by atoms with E-state index in [1.54, 1.807) is 19.1 Å². The van der Waals surface area contributed by atoms with Gasteiger partial charge < -0.3 is 24.4 Å². The maximum Gasteiger partial charge on any atom is 0.317 e. The van der Waals surface area contributed by atoms with Crippen LogP contribution in [0.5, 0.6) is 17.2 Å². The normalized spacial score (nSPS) is 12.4. The highest BCUT2D eigenvalue weighted by Crippen LogP contribution is 2.31. The van der Waals surface area contributed by atoms with E-state index < -0.39 is 0 Å². The van der Waals surface area contributed by atoms with Crippen LogP contribution in [0, 0.1) is 0 Å². The highest BCUT2D eigenvalue weighted by Gasteiger charge is 2.15. The fraction of sp³-hybridized carbons (Fsp3) is 0.316. The number of carbonyl (C=O) groups is 1. The fourth-order valence-electron chi connectivity index (χ4n) is 2.72. The Labute approximate surface area is 161 Å². The molecule has 0 radical (unpaired) electrons. The van der Waals surface area contributed by atoms with Crippen LogP contribution < -0.4 is 19.5 Å². The molecule has 1 aliphatic heterocycles. The lowest BCUT2D eigenvalue weighted by molar-refractivity contribution is 0.171. The molecule has 1 aliphatic rings. The number of ether oxygens (including phenoxy) is 3. The molecule has 0 spiro atoms. The molecule has 2 aromatic rings. The van der Waals surface area contributed by atoms with E-state index in [9.17, 15) is 4.79 Å². The number of urea groups is 1. The van der Waals surface area contributed by atoms with E-state index in [2.05, 4.69) is 21.2 Å². The summed E-state index contributed by atoms with van der Waals surface area (Å²) in [6.07, 6.45) is 0. The van der Waals surface area contributed by atoms with Crippen LogP contribution in [0.25, 0.3) is 0 Å². The summed E-state index contributed by atoms with van der Waals surface area (Å²) >= 11 is 3.43. The molecule has 0 fully saturated rings. The van der Waals surface area contributed by atoms with Crippen LogP contribution >= 0.6 is 15.9 Å². The van der Waals surface area contributed by atoms with Crippen molar-refractivity contribution >= 4 is 22.0 Å². The quantitative estimate of drug-likeness (QED) is 0.802. The monoisotopic (exact) mass is 420 g/mol. The van der Waals surface area contributed by atoms with Crippen molar-refractivity contribution in [2.75, 3.05) is 27.4 Å². The van der Waals surface area contributed by atoms with Crippen molar-refractivity contribution in [2.24, 2.45) is 0 Å². The zero-order valence-electron chi connectivity index (χ0n) is 14.8. The first-order valence-corrected chi connectivity index (χ1v) is 9.06. The van der Waals surface area contributed by atoms with Crippen LogP contribution in [0.3, 0.4) is 0 Å². The average molecular weight is 421 g/mol. The maximum atomic E-state index is 12.4. The molecule has 0 bridgehead atoms. The Kier molecular flexibility index (Phi) is 5.88. The lowest BCUT2D eigenvalue weighted by Crippen LogP contribution is -2.36. The minimum Gasteiger partial charge on any atom is -0.496 e. The molecule has 7 heteroatoms. The van der Waals surface area contributed by atoms with Crippen LogP contribution in [0.15, 0.2) is 40.9 Å². The van der Waals surface area contributed by atoms with Gasteiger partial charge in [-0.1, -0.05) is 22.0 Å². The van der Waals surface area contributed by atoms with Crippen LogP contribution in [0.2, 0.25) is 0 Å². The number of hydrogen-bond donors (Lipinski definition) is 1. The predicted octanol–water partition coefficient (Wildman–Crippen LogP) is 3.57. The van der Waals surface area contributed by atoms with E-state index in [1.807, 2.05) is 36.4 Å². The smallest absolute Gasteiger partial charge is 0.317 e. The molecule has 0 saturated carbocycles. The van der Waals surface area contributed by atoms with Gasteiger partial charge in [-0.3, -0.25) is 0 Å². The Morgan fingerprint density at radius 3 is 2.73 bits per heavy atom. The van der Waals surface area contributed by atoms with Crippen molar-refractivity contribution in [3.63, 3.8) is 0 Å². The summed E-state index contributed by atoms with van der Waals surface area (Å²) in [6.45, 7) is 1.96. The van der Waals surface area contributed by atoms with Gasteiger partial charge in [-0.15, -0.1) is 0 Å². The van der Waals surface area contributed by atoms with Crippen molar-refractivity contribution < 1.29 is 19.0 Å². The molecule has 26 heavy (non-hydrogen) atoms. The molecule has 138 valence electrons. The molecule has 1 heterocycles. The van der Waals surface area contributed by atoms with Gasteiger partial charge >= 0.3 is 6.03 Å². The Morgan fingerprint density at radius 2 is 1.96 bits per heavy atom. The van der Waals surface area contributed by atoms with Crippen LogP contribution in [-0.2, 0) is 13.1 Å². The number of halogens is 1. The zero-order valence-corrected chi connectivity index (χ0v) is 16.3. The number of fused-ring (bicyclic) bond motifs is 1. The van der Waals surface area contributed by atoms with Gasteiger partial charge in [0.1, 0.15) is 19.0 Å². The zero-order chi connectivity index (χ0) is 18.5. The first-order chi connectivity index (χ1) is 12.6. The van der Waals surface area contributed by atoms with E-state index in [-0.39, 0.29) is 6.03 Å². The third-order valence-corrected chi connectivity index (χ3v) is 4.54. The molecular formula is C19H21BrN2O4. The van der Waals surface area contributed by atoms with E-state index in [1.165, 1.54) is 0 Å². The molecule has 1 N–H and O–H groups in total. The second-order valence-corrected chi connectivity index (χ2v) is 6.86. The van der Waals surface area contributed by atoms with Gasteiger partial charge in [0.15, 0.2) is 11.5 Å². The lowest BCUT2D eigenvalue weighted by atomic mass is 10.2. The van der Waals surface area contributed by atoms with E-state index in [0.717, 1.165) is 32.8 Å². The molecule has 0 unspecified atom stereocenters. The first-order valence-electron chi connectivity index (χ1n) is 8.26. The molecule has 3 rings (SSSR count). The van der Waals surface area contributed by atoms with Crippen molar-refractivity contribution in [3.8, 4) is 17.2 Å². The number of rotatable bonds is 5. The van der Waals surface area contributed by atoms with Gasteiger partial charge in [0.25, 0.3) is 0 Å². The number of carbonyl (C=O) groups excluding carboxylic acids is 1. The van der Waals surface area contributed by atoms with E-state index in [4.69, 9.17) is 14.2 Å². The average Bonchev–Trinajstić information content (AvgIpc) is 2.66. The topological polar surface area (TPSA) is 60.0 Å². The maximum absolute atomic E-state index is 12.4. The summed E-state index contributed by atoms with van der Waals surface area (Å²) < 4.78 is 17.4. The Balaban J connectivity index is 1.59. The van der Waals surface area contributed by atoms with Crippen molar-refractivity contribution in [1.29, 1.82) is 0 Å². The van der Waals surface area contributed by atoms with Gasteiger partial charge in [-0.05, 0) is 35.9 Å². The number of amides is 2. The summed E-state index contributed by atoms with van der Waals surface area (Å²) in [5.74, 6) is 2.21. The molecule has 0 aliphatic carbocycles. The number of methoxy groups -OCH3 is 1. The predicted molar refractivity (Wildman–Crippen MR) is 102 cm³/mol. The number of benzene rings is 2. The van der Waals surface area contributed by atoms with Gasteiger partial charge in [0.05, 0.1) is 7.11 Å². The molecule has 2 aromatic carbocycles. The van der Waals surface area contributed by atoms with Crippen molar-refractivity contribution in [3.05, 3.63) is 52.0 Å². The minimum absolute atomic E-state index is 0.165. The van der Waals surface area contributed by atoms with Crippen molar-refractivity contribution in [1.82, 2.24) is 10.2 Å². The van der Waals surface area contributed by atoms with Crippen molar-refractivity contribution in [2.45, 2.75) is 13.1 Å². The lowest BCUT2D eigenvalue weighted by Gasteiger charge is -2.21. The highest BCUT2D eigenvalue weighted by atomic mass is 79.9. The summed E-state index contributed by atoms with van der Waals surface area (Å²) in [7, 11) is 3.37. The fourth-order valence-corrected chi connectivity index (χ4v) is 3.13. The van der Waals surface area contributed by atoms with E-state index in [0.29, 0.717) is 26.3 Å². The Bertz CT molecular complexity index is 797. The Morgan fingerprint density at radius 1 is 1.19 bits per heavy atom. The van der Waals surface area contributed by atoms with Crippen LogP contribution in [-0.4, -0.2) is 38.3 Å². The first kappa shape index (κ1) is 18.4. The van der Waals surface area contributed by atoms with Crippen LogP contribution in [0.1, 0.15) is 11.1 Å². The summed E-state index contributed by atoms with van der Waals surface area (Å²) in [6, 6.07) is 11.3. The second-order valence-electron chi connectivity index (χ2n) is 5.95. The summed E-state index contributed by atoms with van der Waals surface area (Å²) in [4.78, 5) is 14.0. The molecule has 0 aromatic heterocycles. The number of nitrogens with one attached hydrogen (secondary N) is 1. The molecule has 6 nitrogen and oxygen atoms in total. The highest BCUT2D eigenvalue weighted by molar-refractivity contribution is 9.10. The third-order valence-electron chi connectivity index (χ3n) is 4.05. The molecule has 2 amide bonds. The molecular weight excluding hydrogens is 400 g/mol. The van der Waals surface area contributed by atoms with Gasteiger partial charge in [-0.2, -0.15) is 0 Å². The molecule has 0 saturated heterocycles. The van der Waals surface area contributed by atoms with Gasteiger partial charge in [0.2, 0.25) is 0 Å². The largest absolute Gasteiger partial charge is 0.496 e. The van der Waals surface area contributed by atoms with Gasteiger partial charge in [-0.25, -0.2) is 4.79 Å². The summed E-state index contributed by atoms with van der Waals surface area (Å²) in [5.41, 5.74) is 1.88. The third kappa shape index (κ3) is 4.40. The standard InChI is InChI=1S/C19H21BrN2O4/c1-22(12-13-3-5-17-18(9-13)26-8-7-25-17)19(23)21-11-14-10-15(20)4-6-16(14)24-2/h3-6,9-10H,7-8,11-12H2,1-2H3,(H,21,23). The summed E-state index contributed by atoms with van der Waals surface area (Å²) in [5, 5.41) is 2.91. The Hall–Kier alpha value is -2.41.